The average Bonchev–Trinajstić information content (AvgIpc) is 2.69. The molecule has 2 N–H and O–H groups in total. The van der Waals surface area contributed by atoms with Crippen LogP contribution in [0.1, 0.15) is 30.9 Å². The van der Waals surface area contributed by atoms with E-state index in [9.17, 15) is 0 Å². The first-order valence-corrected chi connectivity index (χ1v) is 5.86. The van der Waals surface area contributed by atoms with Crippen LogP contribution in [0.15, 0.2) is 24.3 Å². The van der Waals surface area contributed by atoms with Crippen LogP contribution in [0, 0.1) is 0 Å². The van der Waals surface area contributed by atoms with Crippen molar-refractivity contribution in [2.75, 3.05) is 6.54 Å². The number of fused-ring (bicyclic) bond motifs is 1. The molecule has 1 aromatic rings. The quantitative estimate of drug-likeness (QED) is 0.814. The molecule has 1 atom stereocenters. The van der Waals surface area contributed by atoms with Gasteiger partial charge in [-0.1, -0.05) is 31.2 Å². The summed E-state index contributed by atoms with van der Waals surface area (Å²) in [4.78, 5) is 2.55. The van der Waals surface area contributed by atoms with Crippen molar-refractivity contribution in [1.29, 1.82) is 0 Å². The Bertz CT molecular complexity index is 297. The second-order valence-electron chi connectivity index (χ2n) is 4.31. The van der Waals surface area contributed by atoms with Gasteiger partial charge in [-0.25, -0.2) is 0 Å². The molecule has 0 aliphatic carbocycles. The van der Waals surface area contributed by atoms with Crippen molar-refractivity contribution in [1.82, 2.24) is 4.90 Å². The molecule has 0 saturated heterocycles. The van der Waals surface area contributed by atoms with E-state index in [0.717, 1.165) is 26.1 Å². The monoisotopic (exact) mass is 204 g/mol. The summed E-state index contributed by atoms with van der Waals surface area (Å²) in [6.45, 7) is 5.26. The van der Waals surface area contributed by atoms with Crippen LogP contribution >= 0.6 is 0 Å². The molecule has 0 spiro atoms. The van der Waals surface area contributed by atoms with E-state index >= 15 is 0 Å². The molecule has 1 aliphatic rings. The van der Waals surface area contributed by atoms with Gasteiger partial charge in [0.15, 0.2) is 0 Å². The number of hydrogen-bond donors (Lipinski definition) is 1. The van der Waals surface area contributed by atoms with Crippen LogP contribution in [-0.2, 0) is 13.1 Å². The summed E-state index contributed by atoms with van der Waals surface area (Å²) >= 11 is 0. The van der Waals surface area contributed by atoms with Gasteiger partial charge in [-0.3, -0.25) is 4.90 Å². The Labute approximate surface area is 92.1 Å². The van der Waals surface area contributed by atoms with E-state index in [1.165, 1.54) is 17.5 Å². The molecule has 15 heavy (non-hydrogen) atoms. The standard InChI is InChI=1S/C13H20N2/c1-2-13(7-8-14)15-9-11-5-3-4-6-12(11)10-15/h3-6,13H,2,7-10,14H2,1H3. The molecule has 1 aromatic carbocycles. The van der Waals surface area contributed by atoms with Gasteiger partial charge in [-0.15, -0.1) is 0 Å². The molecule has 2 rings (SSSR count). The van der Waals surface area contributed by atoms with Gasteiger partial charge in [-0.05, 0) is 30.5 Å². The highest BCUT2D eigenvalue weighted by Gasteiger charge is 2.23. The van der Waals surface area contributed by atoms with Gasteiger partial charge in [0.05, 0.1) is 0 Å². The minimum atomic E-state index is 0.655. The smallest absolute Gasteiger partial charge is 0.0243 e. The average molecular weight is 204 g/mol. The molecular weight excluding hydrogens is 184 g/mol. The van der Waals surface area contributed by atoms with E-state index in [1.807, 2.05) is 0 Å². The lowest BCUT2D eigenvalue weighted by molar-refractivity contribution is 0.185. The second-order valence-corrected chi connectivity index (χ2v) is 4.31. The number of benzene rings is 1. The molecule has 0 amide bonds. The zero-order chi connectivity index (χ0) is 10.7. The molecule has 0 bridgehead atoms. The number of nitrogens with zero attached hydrogens (tertiary/aromatic N) is 1. The van der Waals surface area contributed by atoms with Crippen molar-refractivity contribution >= 4 is 0 Å². The molecule has 1 unspecified atom stereocenters. The molecule has 1 heterocycles. The molecule has 2 heteroatoms. The van der Waals surface area contributed by atoms with Crippen LogP contribution in [-0.4, -0.2) is 17.5 Å². The van der Waals surface area contributed by atoms with Gasteiger partial charge >= 0.3 is 0 Å². The van der Waals surface area contributed by atoms with Crippen LogP contribution in [0.2, 0.25) is 0 Å². The first kappa shape index (κ1) is 10.7. The maximum Gasteiger partial charge on any atom is 0.0243 e. The molecule has 2 nitrogen and oxygen atoms in total. The Morgan fingerprint density at radius 3 is 2.33 bits per heavy atom. The van der Waals surface area contributed by atoms with Crippen molar-refractivity contribution in [3.8, 4) is 0 Å². The lowest BCUT2D eigenvalue weighted by atomic mass is 10.1. The minimum absolute atomic E-state index is 0.655. The third-order valence-corrected chi connectivity index (χ3v) is 3.35. The fourth-order valence-corrected chi connectivity index (χ4v) is 2.45. The van der Waals surface area contributed by atoms with E-state index in [1.54, 1.807) is 0 Å². The van der Waals surface area contributed by atoms with E-state index in [0.29, 0.717) is 6.04 Å². The number of rotatable bonds is 4. The molecule has 0 radical (unpaired) electrons. The summed E-state index contributed by atoms with van der Waals surface area (Å²) in [5, 5.41) is 0. The Hall–Kier alpha value is -0.860. The Morgan fingerprint density at radius 1 is 1.27 bits per heavy atom. The van der Waals surface area contributed by atoms with Crippen molar-refractivity contribution in [2.45, 2.75) is 38.9 Å². The fraction of sp³-hybridized carbons (Fsp3) is 0.538. The van der Waals surface area contributed by atoms with Gasteiger partial charge in [-0.2, -0.15) is 0 Å². The minimum Gasteiger partial charge on any atom is -0.330 e. The zero-order valence-electron chi connectivity index (χ0n) is 9.45. The first-order valence-electron chi connectivity index (χ1n) is 5.86. The molecule has 0 fully saturated rings. The normalized spacial score (nSPS) is 17.7. The zero-order valence-corrected chi connectivity index (χ0v) is 9.45. The summed E-state index contributed by atoms with van der Waals surface area (Å²) < 4.78 is 0. The van der Waals surface area contributed by atoms with E-state index in [-0.39, 0.29) is 0 Å². The predicted molar refractivity (Wildman–Crippen MR) is 63.4 cm³/mol. The van der Waals surface area contributed by atoms with E-state index < -0.39 is 0 Å². The summed E-state index contributed by atoms with van der Waals surface area (Å²) in [6.07, 6.45) is 2.32. The number of nitrogens with two attached hydrogens (primary N) is 1. The number of hydrogen-bond acceptors (Lipinski definition) is 2. The molecular formula is C13H20N2. The summed E-state index contributed by atoms with van der Waals surface area (Å²) in [6, 6.07) is 9.40. The summed E-state index contributed by atoms with van der Waals surface area (Å²) in [7, 11) is 0. The van der Waals surface area contributed by atoms with Gasteiger partial charge in [0.1, 0.15) is 0 Å². The highest BCUT2D eigenvalue weighted by atomic mass is 15.2. The first-order chi connectivity index (χ1) is 7.35. The second kappa shape index (κ2) is 4.77. The van der Waals surface area contributed by atoms with Crippen molar-refractivity contribution in [3.05, 3.63) is 35.4 Å². The predicted octanol–water partition coefficient (Wildman–Crippen LogP) is 2.13. The van der Waals surface area contributed by atoms with Gasteiger partial charge < -0.3 is 5.73 Å². The Balaban J connectivity index is 2.05. The molecule has 0 saturated carbocycles. The Morgan fingerprint density at radius 2 is 1.87 bits per heavy atom. The van der Waals surface area contributed by atoms with E-state index in [4.69, 9.17) is 5.73 Å². The third-order valence-electron chi connectivity index (χ3n) is 3.35. The summed E-state index contributed by atoms with van der Waals surface area (Å²) in [5.41, 5.74) is 8.64. The summed E-state index contributed by atoms with van der Waals surface area (Å²) in [5.74, 6) is 0. The fourth-order valence-electron chi connectivity index (χ4n) is 2.45. The van der Waals surface area contributed by atoms with Crippen LogP contribution in [0.4, 0.5) is 0 Å². The van der Waals surface area contributed by atoms with Gasteiger partial charge in [0, 0.05) is 19.1 Å². The largest absolute Gasteiger partial charge is 0.330 e. The highest BCUT2D eigenvalue weighted by Crippen LogP contribution is 2.25. The molecule has 1 aliphatic heterocycles. The molecule has 82 valence electrons. The lowest BCUT2D eigenvalue weighted by Gasteiger charge is -2.25. The lowest BCUT2D eigenvalue weighted by Crippen LogP contribution is -2.32. The van der Waals surface area contributed by atoms with Crippen molar-refractivity contribution in [2.24, 2.45) is 5.73 Å². The van der Waals surface area contributed by atoms with Crippen molar-refractivity contribution in [3.63, 3.8) is 0 Å². The SMILES string of the molecule is CCC(CCN)N1Cc2ccccc2C1. The topological polar surface area (TPSA) is 29.3 Å². The van der Waals surface area contributed by atoms with Crippen molar-refractivity contribution < 1.29 is 0 Å². The Kier molecular flexibility index (Phi) is 3.39. The highest BCUT2D eigenvalue weighted by molar-refractivity contribution is 5.30. The maximum atomic E-state index is 5.65. The van der Waals surface area contributed by atoms with Crippen LogP contribution in [0.25, 0.3) is 0 Å². The third kappa shape index (κ3) is 2.21. The van der Waals surface area contributed by atoms with Crippen LogP contribution in [0.5, 0.6) is 0 Å². The van der Waals surface area contributed by atoms with Gasteiger partial charge in [0.2, 0.25) is 0 Å². The molecule has 0 aromatic heterocycles. The van der Waals surface area contributed by atoms with E-state index in [2.05, 4.69) is 36.1 Å². The maximum absolute atomic E-state index is 5.65. The van der Waals surface area contributed by atoms with Gasteiger partial charge in [0.25, 0.3) is 0 Å². The van der Waals surface area contributed by atoms with Crippen LogP contribution < -0.4 is 5.73 Å². The van der Waals surface area contributed by atoms with Crippen LogP contribution in [0.3, 0.4) is 0 Å².